The van der Waals surface area contributed by atoms with E-state index in [1.165, 1.54) is 86.4 Å². The Kier molecular flexibility index (Phi) is 4.19. The molecule has 1 spiro atoms. The van der Waals surface area contributed by atoms with E-state index in [0.717, 1.165) is 13.1 Å². The maximum absolute atomic E-state index is 4.31. The number of fused-ring (bicyclic) bond motifs is 2. The second-order valence-corrected chi connectivity index (χ2v) is 9.27. The van der Waals surface area contributed by atoms with Gasteiger partial charge in [-0.05, 0) is 80.7 Å². The summed E-state index contributed by atoms with van der Waals surface area (Å²) in [6, 6.07) is 2.46. The summed E-state index contributed by atoms with van der Waals surface area (Å²) in [7, 11) is 0. The summed E-state index contributed by atoms with van der Waals surface area (Å²) in [5.74, 6) is 0. The molecule has 2 fully saturated rings. The molecule has 1 atom stereocenters. The van der Waals surface area contributed by atoms with Crippen LogP contribution in [0.15, 0.2) is 17.6 Å². The lowest BCUT2D eigenvalue weighted by molar-refractivity contribution is 0.137. The molecule has 0 radical (unpaired) electrons. The maximum atomic E-state index is 4.31. The first-order valence-electron chi connectivity index (χ1n) is 9.85. The van der Waals surface area contributed by atoms with Gasteiger partial charge in [-0.3, -0.25) is 14.9 Å². The normalized spacial score (nSPS) is 27.4. The van der Waals surface area contributed by atoms with Crippen molar-refractivity contribution >= 4 is 11.3 Å². The first-order valence-corrected chi connectivity index (χ1v) is 10.7. The van der Waals surface area contributed by atoms with Crippen molar-refractivity contribution in [1.29, 1.82) is 0 Å². The van der Waals surface area contributed by atoms with Gasteiger partial charge in [0.1, 0.15) is 0 Å². The summed E-state index contributed by atoms with van der Waals surface area (Å²) < 4.78 is 0. The van der Waals surface area contributed by atoms with E-state index >= 15 is 0 Å². The Labute approximate surface area is 154 Å². The van der Waals surface area contributed by atoms with Crippen molar-refractivity contribution in [2.45, 2.75) is 57.0 Å². The number of aromatic nitrogens is 2. The standard InChI is InChI=1S/C20H28N4S/c1-2-8-23(7-1)12-16-10-18(25-14-16)13-24-9-3-5-20(15-24)6-4-17-11-21-22-19(17)20/h10-11,14H,1-9,12-13,15H2,(H,21,22). The molecular weight excluding hydrogens is 328 g/mol. The summed E-state index contributed by atoms with van der Waals surface area (Å²) in [4.78, 5) is 6.82. The molecule has 0 amide bonds. The Morgan fingerprint density at radius 1 is 1.08 bits per heavy atom. The van der Waals surface area contributed by atoms with E-state index in [2.05, 4.69) is 31.4 Å². The number of hydrogen-bond donors (Lipinski definition) is 1. The minimum absolute atomic E-state index is 0.347. The zero-order chi connectivity index (χ0) is 16.7. The number of aryl methyl sites for hydroxylation is 1. The largest absolute Gasteiger partial charge is 0.299 e. The van der Waals surface area contributed by atoms with Crippen molar-refractivity contribution in [3.63, 3.8) is 0 Å². The van der Waals surface area contributed by atoms with Gasteiger partial charge in [0.15, 0.2) is 0 Å². The lowest BCUT2D eigenvalue weighted by Gasteiger charge is -2.40. The molecule has 4 nitrogen and oxygen atoms in total. The smallest absolute Gasteiger partial charge is 0.0522 e. The van der Waals surface area contributed by atoms with Crippen molar-refractivity contribution in [1.82, 2.24) is 20.0 Å². The molecule has 5 rings (SSSR count). The second kappa shape index (κ2) is 6.53. The zero-order valence-electron chi connectivity index (χ0n) is 15.0. The molecule has 2 aromatic heterocycles. The lowest BCUT2D eigenvalue weighted by atomic mass is 9.77. The Balaban J connectivity index is 1.25. The van der Waals surface area contributed by atoms with Crippen LogP contribution in [0, 0.1) is 0 Å². The number of H-pyrrole nitrogens is 1. The summed E-state index contributed by atoms with van der Waals surface area (Å²) in [6.07, 6.45) is 9.95. The predicted octanol–water partition coefficient (Wildman–Crippen LogP) is 3.55. The molecule has 2 aromatic rings. The number of likely N-dealkylation sites (tertiary alicyclic amines) is 2. The number of nitrogens with one attached hydrogen (secondary N) is 1. The van der Waals surface area contributed by atoms with E-state index in [0.29, 0.717) is 5.41 Å². The third-order valence-corrected chi connectivity index (χ3v) is 7.44. The third kappa shape index (κ3) is 3.07. The summed E-state index contributed by atoms with van der Waals surface area (Å²) in [5.41, 5.74) is 4.77. The molecule has 5 heteroatoms. The van der Waals surface area contributed by atoms with Crippen molar-refractivity contribution in [3.8, 4) is 0 Å². The van der Waals surface area contributed by atoms with Crippen LogP contribution in [0.4, 0.5) is 0 Å². The van der Waals surface area contributed by atoms with Crippen molar-refractivity contribution in [2.24, 2.45) is 0 Å². The van der Waals surface area contributed by atoms with Crippen LogP contribution in [-0.2, 0) is 24.9 Å². The van der Waals surface area contributed by atoms with Crippen molar-refractivity contribution < 1.29 is 0 Å². The molecule has 4 heterocycles. The lowest BCUT2D eigenvalue weighted by Crippen LogP contribution is -2.44. The molecule has 0 aromatic carbocycles. The predicted molar refractivity (Wildman–Crippen MR) is 102 cm³/mol. The Hall–Kier alpha value is -1.17. The highest BCUT2D eigenvalue weighted by molar-refractivity contribution is 7.10. The third-order valence-electron chi connectivity index (χ3n) is 6.47. The fraction of sp³-hybridized carbons (Fsp3) is 0.650. The van der Waals surface area contributed by atoms with E-state index in [-0.39, 0.29) is 0 Å². The summed E-state index contributed by atoms with van der Waals surface area (Å²) >= 11 is 1.96. The molecule has 134 valence electrons. The van der Waals surface area contributed by atoms with Crippen LogP contribution >= 0.6 is 11.3 Å². The van der Waals surface area contributed by atoms with Gasteiger partial charge in [0.05, 0.1) is 6.20 Å². The van der Waals surface area contributed by atoms with Gasteiger partial charge in [0.25, 0.3) is 0 Å². The van der Waals surface area contributed by atoms with Crippen molar-refractivity contribution in [3.05, 3.63) is 39.3 Å². The monoisotopic (exact) mass is 356 g/mol. The van der Waals surface area contributed by atoms with E-state index in [9.17, 15) is 0 Å². The number of aromatic amines is 1. The molecule has 1 unspecified atom stereocenters. The van der Waals surface area contributed by atoms with Gasteiger partial charge < -0.3 is 0 Å². The molecule has 3 aliphatic rings. The van der Waals surface area contributed by atoms with Gasteiger partial charge in [-0.15, -0.1) is 11.3 Å². The van der Waals surface area contributed by atoms with Crippen LogP contribution < -0.4 is 0 Å². The van der Waals surface area contributed by atoms with Gasteiger partial charge >= 0.3 is 0 Å². The molecule has 0 bridgehead atoms. The maximum Gasteiger partial charge on any atom is 0.0522 e. The van der Waals surface area contributed by atoms with Gasteiger partial charge in [-0.2, -0.15) is 5.10 Å². The van der Waals surface area contributed by atoms with Crippen LogP contribution in [0.25, 0.3) is 0 Å². The van der Waals surface area contributed by atoms with E-state index in [1.54, 1.807) is 0 Å². The summed E-state index contributed by atoms with van der Waals surface area (Å²) in [6.45, 7) is 7.28. The Morgan fingerprint density at radius 2 is 1.96 bits per heavy atom. The van der Waals surface area contributed by atoms with Crippen LogP contribution in [0.5, 0.6) is 0 Å². The number of nitrogens with zero attached hydrogens (tertiary/aromatic N) is 3. The molecule has 25 heavy (non-hydrogen) atoms. The Bertz CT molecular complexity index is 730. The minimum Gasteiger partial charge on any atom is -0.299 e. The molecule has 2 aliphatic heterocycles. The van der Waals surface area contributed by atoms with Gasteiger partial charge in [-0.25, -0.2) is 0 Å². The summed E-state index contributed by atoms with van der Waals surface area (Å²) in [5, 5.41) is 10.0. The highest BCUT2D eigenvalue weighted by atomic mass is 32.1. The second-order valence-electron chi connectivity index (χ2n) is 8.27. The van der Waals surface area contributed by atoms with E-state index in [4.69, 9.17) is 0 Å². The SMILES string of the molecule is c1sc(CN2CCCC3(CCc4cn[nH]c43)C2)cc1CN1CCCC1. The van der Waals surface area contributed by atoms with Crippen molar-refractivity contribution in [2.75, 3.05) is 26.2 Å². The minimum atomic E-state index is 0.347. The van der Waals surface area contributed by atoms with E-state index in [1.807, 2.05) is 17.5 Å². The molecule has 1 aliphatic carbocycles. The van der Waals surface area contributed by atoms with Crippen LogP contribution in [0.2, 0.25) is 0 Å². The van der Waals surface area contributed by atoms with E-state index < -0.39 is 0 Å². The average molecular weight is 357 g/mol. The van der Waals surface area contributed by atoms with Gasteiger partial charge in [-0.1, -0.05) is 0 Å². The molecular formula is C20H28N4S. The first-order chi connectivity index (χ1) is 12.3. The highest BCUT2D eigenvalue weighted by Gasteiger charge is 2.43. The average Bonchev–Trinajstić information content (AvgIpc) is 3.37. The van der Waals surface area contributed by atoms with Crippen LogP contribution in [0.3, 0.4) is 0 Å². The zero-order valence-corrected chi connectivity index (χ0v) is 15.8. The number of rotatable bonds is 4. The highest BCUT2D eigenvalue weighted by Crippen LogP contribution is 2.44. The quantitative estimate of drug-likeness (QED) is 0.910. The number of piperidine rings is 1. The fourth-order valence-corrected chi connectivity index (χ4v) is 6.16. The van der Waals surface area contributed by atoms with Crippen LogP contribution in [0.1, 0.15) is 53.8 Å². The topological polar surface area (TPSA) is 35.2 Å². The molecule has 1 N–H and O–H groups in total. The van der Waals surface area contributed by atoms with Crippen LogP contribution in [-0.4, -0.2) is 46.2 Å². The van der Waals surface area contributed by atoms with Gasteiger partial charge in [0.2, 0.25) is 0 Å². The number of thiophene rings is 1. The Morgan fingerprint density at radius 3 is 2.88 bits per heavy atom. The fourth-order valence-electron chi connectivity index (χ4n) is 5.24. The molecule has 2 saturated heterocycles. The molecule has 0 saturated carbocycles. The number of hydrogen-bond acceptors (Lipinski definition) is 4. The van der Waals surface area contributed by atoms with Gasteiger partial charge in [0, 0.05) is 35.6 Å². The first kappa shape index (κ1) is 16.0.